The van der Waals surface area contributed by atoms with E-state index >= 15 is 0 Å². The normalized spacial score (nSPS) is 12.8. The van der Waals surface area contributed by atoms with Crippen molar-refractivity contribution in [1.82, 2.24) is 5.32 Å². The summed E-state index contributed by atoms with van der Waals surface area (Å²) in [6.07, 6.45) is 11.9. The fourth-order valence-corrected chi connectivity index (χ4v) is 3.01. The smallest absolute Gasteiger partial charge is 0.0320 e. The van der Waals surface area contributed by atoms with E-state index in [-0.39, 0.29) is 0 Å². The molecule has 1 aromatic rings. The second-order valence-corrected chi connectivity index (χ2v) is 6.23. The standard InChI is InChI=1S/C20H35N/c1-4-7-10-16-19(17-11-8-5-2)21-20(6-3)18-14-12-9-13-15-18/h9,12-15,19-21H,4-8,10-11,16-17H2,1-3H3. The van der Waals surface area contributed by atoms with Crippen molar-refractivity contribution in [1.29, 1.82) is 0 Å². The van der Waals surface area contributed by atoms with Gasteiger partial charge in [0.15, 0.2) is 0 Å². The van der Waals surface area contributed by atoms with Crippen LogP contribution in [0.2, 0.25) is 0 Å². The second-order valence-electron chi connectivity index (χ2n) is 6.23. The first kappa shape index (κ1) is 18.2. The topological polar surface area (TPSA) is 12.0 Å². The van der Waals surface area contributed by atoms with Gasteiger partial charge in [-0.3, -0.25) is 0 Å². The number of benzene rings is 1. The van der Waals surface area contributed by atoms with Gasteiger partial charge in [-0.25, -0.2) is 0 Å². The number of rotatable bonds is 12. The van der Waals surface area contributed by atoms with Gasteiger partial charge in [0.2, 0.25) is 0 Å². The molecule has 0 saturated heterocycles. The lowest BCUT2D eigenvalue weighted by molar-refractivity contribution is 0.367. The van der Waals surface area contributed by atoms with Gasteiger partial charge in [-0.1, -0.05) is 89.6 Å². The summed E-state index contributed by atoms with van der Waals surface area (Å²) in [5.74, 6) is 0. The van der Waals surface area contributed by atoms with Crippen LogP contribution < -0.4 is 5.32 Å². The third-order valence-corrected chi connectivity index (χ3v) is 4.36. The van der Waals surface area contributed by atoms with E-state index in [9.17, 15) is 0 Å². The Kier molecular flexibility index (Phi) is 10.2. The summed E-state index contributed by atoms with van der Waals surface area (Å²) in [4.78, 5) is 0. The Morgan fingerprint density at radius 3 is 1.86 bits per heavy atom. The summed E-state index contributed by atoms with van der Waals surface area (Å²) in [6, 6.07) is 12.1. The number of unbranched alkanes of at least 4 members (excludes halogenated alkanes) is 4. The maximum atomic E-state index is 3.94. The molecule has 0 saturated carbocycles. The van der Waals surface area contributed by atoms with Crippen LogP contribution in [0.3, 0.4) is 0 Å². The highest BCUT2D eigenvalue weighted by Gasteiger charge is 2.15. The number of hydrogen-bond acceptors (Lipinski definition) is 1. The van der Waals surface area contributed by atoms with Crippen molar-refractivity contribution in [3.05, 3.63) is 35.9 Å². The summed E-state index contributed by atoms with van der Waals surface area (Å²) in [6.45, 7) is 6.87. The lowest BCUT2D eigenvalue weighted by atomic mass is 9.98. The number of nitrogens with one attached hydrogen (secondary N) is 1. The molecule has 0 bridgehead atoms. The van der Waals surface area contributed by atoms with Gasteiger partial charge in [-0.05, 0) is 24.8 Å². The van der Waals surface area contributed by atoms with E-state index in [1.807, 2.05) is 0 Å². The minimum absolute atomic E-state index is 0.513. The summed E-state index contributed by atoms with van der Waals surface area (Å²) in [5.41, 5.74) is 1.44. The van der Waals surface area contributed by atoms with Gasteiger partial charge in [-0.2, -0.15) is 0 Å². The Labute approximate surface area is 132 Å². The van der Waals surface area contributed by atoms with Gasteiger partial charge in [-0.15, -0.1) is 0 Å². The van der Waals surface area contributed by atoms with Crippen molar-refractivity contribution in [2.45, 2.75) is 90.6 Å². The molecule has 0 aromatic heterocycles. The first-order valence-electron chi connectivity index (χ1n) is 9.12. The zero-order chi connectivity index (χ0) is 15.3. The summed E-state index contributed by atoms with van der Waals surface area (Å²) >= 11 is 0. The Morgan fingerprint density at radius 1 is 0.810 bits per heavy atom. The highest BCUT2D eigenvalue weighted by molar-refractivity contribution is 5.18. The maximum Gasteiger partial charge on any atom is 0.0320 e. The van der Waals surface area contributed by atoms with Crippen LogP contribution in [0.25, 0.3) is 0 Å². The average molecular weight is 290 g/mol. The van der Waals surface area contributed by atoms with Crippen LogP contribution in [-0.2, 0) is 0 Å². The van der Waals surface area contributed by atoms with Crippen LogP contribution in [0.5, 0.6) is 0 Å². The third-order valence-electron chi connectivity index (χ3n) is 4.36. The fraction of sp³-hybridized carbons (Fsp3) is 0.700. The zero-order valence-electron chi connectivity index (χ0n) is 14.4. The van der Waals surface area contributed by atoms with Gasteiger partial charge < -0.3 is 5.32 Å². The molecule has 120 valence electrons. The van der Waals surface area contributed by atoms with E-state index in [0.29, 0.717) is 12.1 Å². The van der Waals surface area contributed by atoms with Gasteiger partial charge >= 0.3 is 0 Å². The summed E-state index contributed by atoms with van der Waals surface area (Å²) < 4.78 is 0. The van der Waals surface area contributed by atoms with Crippen LogP contribution in [0, 0.1) is 0 Å². The predicted molar refractivity (Wildman–Crippen MR) is 94.7 cm³/mol. The first-order valence-corrected chi connectivity index (χ1v) is 9.12. The second kappa shape index (κ2) is 11.8. The first-order chi connectivity index (χ1) is 10.3. The molecule has 0 aliphatic heterocycles. The lowest BCUT2D eigenvalue weighted by Gasteiger charge is -2.26. The van der Waals surface area contributed by atoms with E-state index in [2.05, 4.69) is 56.4 Å². The molecule has 0 amide bonds. The van der Waals surface area contributed by atoms with Gasteiger partial charge in [0.25, 0.3) is 0 Å². The molecule has 1 N–H and O–H groups in total. The van der Waals surface area contributed by atoms with Gasteiger partial charge in [0.05, 0.1) is 0 Å². The molecule has 0 aliphatic rings. The van der Waals surface area contributed by atoms with Crippen LogP contribution in [0.4, 0.5) is 0 Å². The molecule has 0 aliphatic carbocycles. The van der Waals surface area contributed by atoms with Crippen molar-refractivity contribution in [2.24, 2.45) is 0 Å². The molecule has 1 atom stereocenters. The molecule has 0 fully saturated rings. The summed E-state index contributed by atoms with van der Waals surface area (Å²) in [7, 11) is 0. The zero-order valence-corrected chi connectivity index (χ0v) is 14.4. The molecular formula is C20H35N. The molecule has 1 heteroatoms. The molecule has 0 heterocycles. The highest BCUT2D eigenvalue weighted by Crippen LogP contribution is 2.20. The van der Waals surface area contributed by atoms with Crippen molar-refractivity contribution in [2.75, 3.05) is 0 Å². The SMILES string of the molecule is CCCCCC(CCCCC)NC(CC)c1ccccc1. The minimum Gasteiger partial charge on any atom is -0.307 e. The average Bonchev–Trinajstić information content (AvgIpc) is 2.53. The molecule has 1 aromatic carbocycles. The van der Waals surface area contributed by atoms with Crippen molar-refractivity contribution >= 4 is 0 Å². The Morgan fingerprint density at radius 2 is 1.38 bits per heavy atom. The summed E-state index contributed by atoms with van der Waals surface area (Å²) in [5, 5.41) is 3.94. The molecular weight excluding hydrogens is 254 g/mol. The molecule has 1 unspecified atom stereocenters. The van der Waals surface area contributed by atoms with E-state index in [4.69, 9.17) is 0 Å². The van der Waals surface area contributed by atoms with E-state index in [1.54, 1.807) is 0 Å². The largest absolute Gasteiger partial charge is 0.307 e. The third kappa shape index (κ3) is 7.66. The highest BCUT2D eigenvalue weighted by atomic mass is 14.9. The van der Waals surface area contributed by atoms with Crippen LogP contribution >= 0.6 is 0 Å². The minimum atomic E-state index is 0.513. The van der Waals surface area contributed by atoms with Gasteiger partial charge in [0.1, 0.15) is 0 Å². The van der Waals surface area contributed by atoms with Crippen molar-refractivity contribution < 1.29 is 0 Å². The molecule has 1 nitrogen and oxygen atoms in total. The maximum absolute atomic E-state index is 3.94. The van der Waals surface area contributed by atoms with Crippen molar-refractivity contribution in [3.63, 3.8) is 0 Å². The molecule has 0 spiro atoms. The Hall–Kier alpha value is -0.820. The van der Waals surface area contributed by atoms with Crippen molar-refractivity contribution in [3.8, 4) is 0 Å². The monoisotopic (exact) mass is 289 g/mol. The fourth-order valence-electron chi connectivity index (χ4n) is 3.01. The van der Waals surface area contributed by atoms with Crippen LogP contribution in [0.1, 0.15) is 90.2 Å². The Bertz CT molecular complexity index is 323. The van der Waals surface area contributed by atoms with E-state index < -0.39 is 0 Å². The molecule has 21 heavy (non-hydrogen) atoms. The number of hydrogen-bond donors (Lipinski definition) is 1. The van der Waals surface area contributed by atoms with Crippen LogP contribution in [-0.4, -0.2) is 6.04 Å². The van der Waals surface area contributed by atoms with E-state index in [0.717, 1.165) is 0 Å². The predicted octanol–water partition coefficient (Wildman–Crippen LogP) is 6.26. The molecule has 0 radical (unpaired) electrons. The lowest BCUT2D eigenvalue weighted by Crippen LogP contribution is -2.32. The Balaban J connectivity index is 2.54. The quantitative estimate of drug-likeness (QED) is 0.448. The van der Waals surface area contributed by atoms with E-state index in [1.165, 1.54) is 63.4 Å². The van der Waals surface area contributed by atoms with Gasteiger partial charge in [0, 0.05) is 12.1 Å². The van der Waals surface area contributed by atoms with Crippen LogP contribution in [0.15, 0.2) is 30.3 Å². The molecule has 1 rings (SSSR count).